The second-order valence-electron chi connectivity index (χ2n) is 6.38. The van der Waals surface area contributed by atoms with E-state index < -0.39 is 21.9 Å². The smallest absolute Gasteiger partial charge is 0.480 e. The van der Waals surface area contributed by atoms with Crippen molar-refractivity contribution in [3.8, 4) is 23.1 Å². The highest BCUT2D eigenvalue weighted by Crippen LogP contribution is 2.30. The van der Waals surface area contributed by atoms with Gasteiger partial charge in [-0.05, 0) is 30.3 Å². The van der Waals surface area contributed by atoms with Crippen molar-refractivity contribution < 1.29 is 39.9 Å². The van der Waals surface area contributed by atoms with Crippen molar-refractivity contribution in [3.63, 3.8) is 0 Å². The predicted octanol–water partition coefficient (Wildman–Crippen LogP) is 3.62. The van der Waals surface area contributed by atoms with E-state index in [-0.39, 0.29) is 39.6 Å². The summed E-state index contributed by atoms with van der Waals surface area (Å²) in [7, 11) is -4.12. The molecule has 0 saturated carbocycles. The standard InChI is InChI=1S/C19H13F3N4O6S/c20-19(21,22)32-11-1-3-13(4-2-11)33(27,28)14-7-15(23)17(24-8-14)18-26-25-16(31-18)10-30-12-5-6-29-9-12/h1-9H,10,23H2. The number of anilines is 1. The third-order valence-electron chi connectivity index (χ3n) is 4.10. The molecule has 0 atom stereocenters. The van der Waals surface area contributed by atoms with Gasteiger partial charge in [-0.2, -0.15) is 0 Å². The lowest BCUT2D eigenvalue weighted by Gasteiger charge is -2.10. The highest BCUT2D eigenvalue weighted by Gasteiger charge is 2.31. The van der Waals surface area contributed by atoms with Crippen LogP contribution in [0.25, 0.3) is 11.6 Å². The SMILES string of the molecule is Nc1cc(S(=O)(=O)c2ccc(OC(F)(F)F)cc2)cnc1-c1nnc(COc2ccoc2)o1. The molecule has 14 heteroatoms. The Morgan fingerprint density at radius 3 is 2.42 bits per heavy atom. The predicted molar refractivity (Wildman–Crippen MR) is 104 cm³/mol. The zero-order chi connectivity index (χ0) is 23.6. The number of nitrogens with two attached hydrogens (primary N) is 1. The molecule has 2 N–H and O–H groups in total. The second kappa shape index (κ2) is 8.46. The van der Waals surface area contributed by atoms with Crippen LogP contribution in [0, 0.1) is 0 Å². The average molecular weight is 482 g/mol. The molecule has 3 aromatic heterocycles. The molecule has 0 unspecified atom stereocenters. The summed E-state index contributed by atoms with van der Waals surface area (Å²) in [5, 5.41) is 7.63. The summed E-state index contributed by atoms with van der Waals surface area (Å²) in [6.07, 6.45) is -1.06. The van der Waals surface area contributed by atoms with Gasteiger partial charge in [-0.25, -0.2) is 13.4 Å². The molecule has 1 aromatic carbocycles. The first-order valence-electron chi connectivity index (χ1n) is 8.96. The van der Waals surface area contributed by atoms with E-state index in [4.69, 9.17) is 19.3 Å². The zero-order valence-corrected chi connectivity index (χ0v) is 17.1. The number of ether oxygens (including phenoxy) is 2. The van der Waals surface area contributed by atoms with E-state index in [0.717, 1.165) is 36.5 Å². The Morgan fingerprint density at radius 1 is 1.03 bits per heavy atom. The molecule has 0 radical (unpaired) electrons. The van der Waals surface area contributed by atoms with Crippen LogP contribution in [-0.2, 0) is 16.4 Å². The molecule has 0 amide bonds. The van der Waals surface area contributed by atoms with Crippen LogP contribution in [-0.4, -0.2) is 30.0 Å². The second-order valence-corrected chi connectivity index (χ2v) is 8.33. The van der Waals surface area contributed by atoms with Crippen LogP contribution in [0.4, 0.5) is 18.9 Å². The van der Waals surface area contributed by atoms with Gasteiger partial charge in [0.1, 0.15) is 12.0 Å². The molecular weight excluding hydrogens is 469 g/mol. The van der Waals surface area contributed by atoms with Crippen LogP contribution in [0.1, 0.15) is 5.89 Å². The monoisotopic (exact) mass is 482 g/mol. The van der Waals surface area contributed by atoms with Crippen molar-refractivity contribution in [1.82, 2.24) is 15.2 Å². The number of furan rings is 1. The van der Waals surface area contributed by atoms with Crippen molar-refractivity contribution in [1.29, 1.82) is 0 Å². The normalized spacial score (nSPS) is 12.0. The molecule has 172 valence electrons. The summed E-state index contributed by atoms with van der Waals surface area (Å²) in [5.74, 6) is -0.0421. The van der Waals surface area contributed by atoms with E-state index in [1.165, 1.54) is 12.5 Å². The Kier molecular flexibility index (Phi) is 5.68. The summed E-state index contributed by atoms with van der Waals surface area (Å²) < 4.78 is 81.8. The number of hydrogen-bond donors (Lipinski definition) is 1. The third-order valence-corrected chi connectivity index (χ3v) is 5.83. The van der Waals surface area contributed by atoms with Gasteiger partial charge < -0.3 is 24.0 Å². The Morgan fingerprint density at radius 2 is 1.79 bits per heavy atom. The quantitative estimate of drug-likeness (QED) is 0.415. The molecular formula is C19H13F3N4O6S. The van der Waals surface area contributed by atoms with Gasteiger partial charge in [-0.1, -0.05) is 0 Å². The lowest BCUT2D eigenvalue weighted by Crippen LogP contribution is -2.17. The molecule has 3 heterocycles. The minimum absolute atomic E-state index is 0.0462. The van der Waals surface area contributed by atoms with E-state index in [2.05, 4.69) is 19.9 Å². The van der Waals surface area contributed by atoms with Gasteiger partial charge in [0.2, 0.25) is 9.84 Å². The van der Waals surface area contributed by atoms with Crippen LogP contribution in [0.3, 0.4) is 0 Å². The number of rotatable bonds is 7. The zero-order valence-electron chi connectivity index (χ0n) is 16.3. The number of aromatic nitrogens is 3. The largest absolute Gasteiger partial charge is 0.573 e. The van der Waals surface area contributed by atoms with E-state index in [9.17, 15) is 21.6 Å². The number of alkyl halides is 3. The molecule has 10 nitrogen and oxygen atoms in total. The Labute approximate surface area is 183 Å². The van der Waals surface area contributed by atoms with Crippen LogP contribution in [0.2, 0.25) is 0 Å². The topological polar surface area (TPSA) is 144 Å². The van der Waals surface area contributed by atoms with Crippen LogP contribution < -0.4 is 15.2 Å². The fraction of sp³-hybridized carbons (Fsp3) is 0.105. The van der Waals surface area contributed by atoms with Crippen molar-refractivity contribution in [3.05, 3.63) is 61.0 Å². The Bertz CT molecular complexity index is 1350. The highest BCUT2D eigenvalue weighted by molar-refractivity contribution is 7.91. The molecule has 0 aliphatic heterocycles. The average Bonchev–Trinajstić information content (AvgIpc) is 3.43. The molecule has 0 saturated heterocycles. The van der Waals surface area contributed by atoms with Crippen LogP contribution in [0.15, 0.2) is 73.7 Å². The summed E-state index contributed by atoms with van der Waals surface area (Å²) in [6, 6.07) is 6.44. The summed E-state index contributed by atoms with van der Waals surface area (Å²) >= 11 is 0. The van der Waals surface area contributed by atoms with E-state index in [1.807, 2.05) is 0 Å². The number of benzene rings is 1. The van der Waals surface area contributed by atoms with Gasteiger partial charge in [0.05, 0.1) is 21.7 Å². The van der Waals surface area contributed by atoms with E-state index in [1.54, 1.807) is 6.07 Å². The highest BCUT2D eigenvalue weighted by atomic mass is 32.2. The van der Waals surface area contributed by atoms with Crippen LogP contribution in [0.5, 0.6) is 11.5 Å². The molecule has 0 aliphatic rings. The maximum Gasteiger partial charge on any atom is 0.573 e. The van der Waals surface area contributed by atoms with Gasteiger partial charge >= 0.3 is 6.36 Å². The van der Waals surface area contributed by atoms with Crippen molar-refractivity contribution in [2.45, 2.75) is 22.8 Å². The first kappa shape index (κ1) is 22.1. The van der Waals surface area contributed by atoms with Gasteiger partial charge in [0, 0.05) is 12.3 Å². The minimum atomic E-state index is -4.89. The molecule has 0 bridgehead atoms. The summed E-state index contributed by atoms with van der Waals surface area (Å²) in [6.45, 7) is -0.0487. The molecule has 4 rings (SSSR count). The van der Waals surface area contributed by atoms with Gasteiger partial charge in [0.25, 0.3) is 11.8 Å². The molecule has 0 aliphatic carbocycles. The van der Waals surface area contributed by atoms with Gasteiger partial charge in [-0.3, -0.25) is 0 Å². The Hall–Kier alpha value is -4.07. The molecule has 0 fully saturated rings. The number of sulfone groups is 1. The maximum absolute atomic E-state index is 12.8. The maximum atomic E-state index is 12.8. The Balaban J connectivity index is 1.52. The molecule has 0 spiro atoms. The number of nitrogen functional groups attached to an aromatic ring is 1. The summed E-state index contributed by atoms with van der Waals surface area (Å²) in [4.78, 5) is 3.44. The van der Waals surface area contributed by atoms with Gasteiger partial charge in [-0.15, -0.1) is 23.4 Å². The molecule has 4 aromatic rings. The van der Waals surface area contributed by atoms with Crippen molar-refractivity contribution in [2.75, 3.05) is 5.73 Å². The lowest BCUT2D eigenvalue weighted by atomic mass is 10.3. The minimum Gasteiger partial charge on any atom is -0.480 e. The number of hydrogen-bond acceptors (Lipinski definition) is 10. The van der Waals surface area contributed by atoms with E-state index in [0.29, 0.717) is 5.75 Å². The number of pyridine rings is 1. The number of halogens is 3. The van der Waals surface area contributed by atoms with Gasteiger partial charge in [0.15, 0.2) is 18.1 Å². The lowest BCUT2D eigenvalue weighted by molar-refractivity contribution is -0.274. The first-order valence-corrected chi connectivity index (χ1v) is 10.4. The van der Waals surface area contributed by atoms with E-state index >= 15 is 0 Å². The van der Waals surface area contributed by atoms with Crippen LogP contribution >= 0.6 is 0 Å². The summed E-state index contributed by atoms with van der Waals surface area (Å²) in [5.41, 5.74) is 5.91. The molecule has 33 heavy (non-hydrogen) atoms. The third kappa shape index (κ3) is 5.06. The van der Waals surface area contributed by atoms with Crippen molar-refractivity contribution >= 4 is 15.5 Å². The number of nitrogens with zero attached hydrogens (tertiary/aromatic N) is 3. The first-order chi connectivity index (χ1) is 15.6. The van der Waals surface area contributed by atoms with Crippen molar-refractivity contribution in [2.24, 2.45) is 0 Å². The fourth-order valence-electron chi connectivity index (χ4n) is 2.63. The fourth-order valence-corrected chi connectivity index (χ4v) is 3.87.